The van der Waals surface area contributed by atoms with Crippen molar-refractivity contribution in [3.05, 3.63) is 12.7 Å². The molecule has 2 rings (SSSR count). The van der Waals surface area contributed by atoms with Gasteiger partial charge in [0.25, 0.3) is 11.7 Å². The van der Waals surface area contributed by atoms with Gasteiger partial charge in [-0.15, -0.1) is 19.2 Å². The maximum Gasteiger partial charge on any atom is 0.319 e. The van der Waals surface area contributed by atoms with E-state index < -0.39 is 63.9 Å². The number of Topliss-reactive ketones (excluding diaryl/α,β-unsaturated/α-hetero) is 1. The van der Waals surface area contributed by atoms with E-state index in [-0.39, 0.29) is 19.1 Å². The lowest BCUT2D eigenvalue weighted by atomic mass is 9.85. The standard InChI is InChI=1S/C29H49N7O6S/c1-9-13-30-23(39)20(37)24(43)33-22(38)18-12-10-16-36(18)25(40)21(29(5,6)7)32-26(41)31-19(28(2,3)4)17-35-15-11-14-34(8)27(35)42/h9,18-19,21,24,43H,1,10-17H2,2-8H3,(H,30,39)(H,33,38)(H2,31,32,41)/t18-,19+,21+,24?/m0/s1. The van der Waals surface area contributed by atoms with E-state index in [1.54, 1.807) is 16.8 Å². The summed E-state index contributed by atoms with van der Waals surface area (Å²) in [6.07, 6.45) is 3.14. The number of amides is 7. The molecule has 43 heavy (non-hydrogen) atoms. The Hall–Kier alpha value is -3.29. The van der Waals surface area contributed by atoms with E-state index in [9.17, 15) is 28.8 Å². The summed E-state index contributed by atoms with van der Waals surface area (Å²) in [5.41, 5.74) is -1.11. The number of hydrogen-bond donors (Lipinski definition) is 5. The second-order valence-corrected chi connectivity index (χ2v) is 13.8. The molecule has 0 bridgehead atoms. The van der Waals surface area contributed by atoms with Crippen molar-refractivity contribution in [1.29, 1.82) is 0 Å². The Kier molecular flexibility index (Phi) is 12.5. The lowest BCUT2D eigenvalue weighted by Gasteiger charge is -2.40. The van der Waals surface area contributed by atoms with E-state index in [4.69, 9.17) is 0 Å². The molecule has 0 spiro atoms. The van der Waals surface area contributed by atoms with Gasteiger partial charge in [0.05, 0.1) is 6.04 Å². The smallest absolute Gasteiger partial charge is 0.319 e. The zero-order valence-electron chi connectivity index (χ0n) is 26.5. The molecule has 7 amide bonds. The van der Waals surface area contributed by atoms with Crippen LogP contribution in [-0.2, 0) is 19.2 Å². The zero-order chi connectivity index (χ0) is 32.7. The number of nitrogens with zero attached hydrogens (tertiary/aromatic N) is 3. The van der Waals surface area contributed by atoms with Crippen LogP contribution in [0.15, 0.2) is 12.7 Å². The van der Waals surface area contributed by atoms with Crippen LogP contribution in [0, 0.1) is 10.8 Å². The number of likely N-dealkylation sites (tertiary alicyclic amines) is 1. The largest absolute Gasteiger partial charge is 0.346 e. The van der Waals surface area contributed by atoms with Crippen LogP contribution in [0.2, 0.25) is 0 Å². The van der Waals surface area contributed by atoms with Crippen molar-refractivity contribution < 1.29 is 28.8 Å². The monoisotopic (exact) mass is 623 g/mol. The van der Waals surface area contributed by atoms with Crippen molar-refractivity contribution in [3.8, 4) is 0 Å². The molecule has 1 unspecified atom stereocenters. The molecule has 0 saturated carbocycles. The summed E-state index contributed by atoms with van der Waals surface area (Å²) < 4.78 is 0. The molecular formula is C29H49N7O6S. The Morgan fingerprint density at radius 1 is 0.977 bits per heavy atom. The van der Waals surface area contributed by atoms with E-state index in [0.717, 1.165) is 6.42 Å². The molecule has 242 valence electrons. The fraction of sp³-hybridized carbons (Fsp3) is 0.724. The van der Waals surface area contributed by atoms with Crippen LogP contribution in [0.3, 0.4) is 0 Å². The Morgan fingerprint density at radius 3 is 2.21 bits per heavy atom. The van der Waals surface area contributed by atoms with Gasteiger partial charge in [-0.1, -0.05) is 47.6 Å². The van der Waals surface area contributed by atoms with Crippen molar-refractivity contribution in [2.45, 2.75) is 84.3 Å². The fourth-order valence-electron chi connectivity index (χ4n) is 4.98. The Labute approximate surface area is 260 Å². The van der Waals surface area contributed by atoms with Gasteiger partial charge in [0, 0.05) is 39.8 Å². The summed E-state index contributed by atoms with van der Waals surface area (Å²) in [5.74, 6) is -2.90. The van der Waals surface area contributed by atoms with Gasteiger partial charge in [-0.25, -0.2) is 9.59 Å². The summed E-state index contributed by atoms with van der Waals surface area (Å²) in [4.78, 5) is 82.0. The number of carbonyl (C=O) groups is 6. The van der Waals surface area contributed by atoms with Gasteiger partial charge in [0.15, 0.2) is 0 Å². The molecule has 0 aromatic heterocycles. The highest BCUT2D eigenvalue weighted by atomic mass is 32.1. The average molecular weight is 624 g/mol. The molecular weight excluding hydrogens is 574 g/mol. The van der Waals surface area contributed by atoms with Crippen molar-refractivity contribution in [2.75, 3.05) is 39.8 Å². The third-order valence-corrected chi connectivity index (χ3v) is 8.02. The molecule has 0 radical (unpaired) electrons. The third kappa shape index (κ3) is 9.87. The van der Waals surface area contributed by atoms with Crippen LogP contribution >= 0.6 is 12.6 Å². The van der Waals surface area contributed by atoms with Gasteiger partial charge in [0.2, 0.25) is 11.8 Å². The number of ketones is 1. The van der Waals surface area contributed by atoms with Gasteiger partial charge in [-0.3, -0.25) is 19.2 Å². The summed E-state index contributed by atoms with van der Waals surface area (Å²) >= 11 is 4.08. The molecule has 4 N–H and O–H groups in total. The highest BCUT2D eigenvalue weighted by molar-refractivity contribution is 7.82. The molecule has 2 aliphatic heterocycles. The zero-order valence-corrected chi connectivity index (χ0v) is 27.4. The summed E-state index contributed by atoms with van der Waals surface area (Å²) in [6, 6.07) is -2.94. The minimum Gasteiger partial charge on any atom is -0.346 e. The van der Waals surface area contributed by atoms with Gasteiger partial charge in [0.1, 0.15) is 17.5 Å². The number of hydrogen-bond acceptors (Lipinski definition) is 7. The molecule has 13 nitrogen and oxygen atoms in total. The highest BCUT2D eigenvalue weighted by Gasteiger charge is 2.43. The number of urea groups is 2. The fourth-order valence-corrected chi connectivity index (χ4v) is 5.22. The van der Waals surface area contributed by atoms with Crippen LogP contribution in [0.4, 0.5) is 9.59 Å². The normalized spacial score (nSPS) is 19.7. The Morgan fingerprint density at radius 2 is 1.63 bits per heavy atom. The molecule has 0 aliphatic carbocycles. The first-order valence-corrected chi connectivity index (χ1v) is 15.2. The summed E-state index contributed by atoms with van der Waals surface area (Å²) in [5, 5.41) is 9.19. The SMILES string of the molecule is C=CCNC(=O)C(=O)C(S)NC(=O)[C@@H]1CCCN1C(=O)[C@@H](NC(=O)N[C@H](CN1CCCN(C)C1=O)C(C)(C)C)C(C)(C)C. The van der Waals surface area contributed by atoms with Crippen LogP contribution in [0.5, 0.6) is 0 Å². The molecule has 0 aromatic carbocycles. The van der Waals surface area contributed by atoms with E-state index in [1.165, 1.54) is 11.0 Å². The van der Waals surface area contributed by atoms with Gasteiger partial charge in [-0.05, 0) is 30.1 Å². The van der Waals surface area contributed by atoms with E-state index in [0.29, 0.717) is 32.5 Å². The van der Waals surface area contributed by atoms with Crippen LogP contribution < -0.4 is 21.3 Å². The highest BCUT2D eigenvalue weighted by Crippen LogP contribution is 2.27. The van der Waals surface area contributed by atoms with Gasteiger partial charge >= 0.3 is 12.1 Å². The second-order valence-electron chi connectivity index (χ2n) is 13.3. The molecule has 0 aromatic rings. The number of thiol groups is 1. The third-order valence-electron chi connectivity index (χ3n) is 7.66. The molecule has 2 saturated heterocycles. The first-order valence-electron chi connectivity index (χ1n) is 14.7. The predicted molar refractivity (Wildman–Crippen MR) is 166 cm³/mol. The first-order chi connectivity index (χ1) is 19.9. The molecule has 2 heterocycles. The van der Waals surface area contributed by atoms with E-state index >= 15 is 0 Å². The molecule has 2 aliphatic rings. The van der Waals surface area contributed by atoms with Crippen LogP contribution in [0.25, 0.3) is 0 Å². The van der Waals surface area contributed by atoms with Crippen LogP contribution in [-0.4, -0.2) is 114 Å². The molecule has 4 atom stereocenters. The summed E-state index contributed by atoms with van der Waals surface area (Å²) in [7, 11) is 1.75. The topological polar surface area (TPSA) is 160 Å². The predicted octanol–water partition coefficient (Wildman–Crippen LogP) is 1.11. The minimum atomic E-state index is -1.39. The minimum absolute atomic E-state index is 0.0862. The lowest BCUT2D eigenvalue weighted by Crippen LogP contribution is -2.62. The average Bonchev–Trinajstić information content (AvgIpc) is 3.40. The maximum atomic E-state index is 13.9. The summed E-state index contributed by atoms with van der Waals surface area (Å²) in [6.45, 7) is 16.8. The van der Waals surface area contributed by atoms with Crippen LogP contribution in [0.1, 0.15) is 60.8 Å². The van der Waals surface area contributed by atoms with E-state index in [1.807, 2.05) is 41.5 Å². The van der Waals surface area contributed by atoms with Crippen molar-refractivity contribution in [3.63, 3.8) is 0 Å². The Balaban J connectivity index is 2.14. The van der Waals surface area contributed by atoms with Gasteiger partial charge < -0.3 is 36.0 Å². The van der Waals surface area contributed by atoms with Crippen molar-refractivity contribution in [1.82, 2.24) is 36.0 Å². The van der Waals surface area contributed by atoms with Crippen molar-refractivity contribution in [2.24, 2.45) is 10.8 Å². The lowest BCUT2D eigenvalue weighted by molar-refractivity contribution is -0.142. The Bertz CT molecular complexity index is 1090. The number of carbonyl (C=O) groups excluding carboxylic acids is 6. The number of nitrogens with one attached hydrogen (secondary N) is 4. The second kappa shape index (κ2) is 14.9. The van der Waals surface area contributed by atoms with Gasteiger partial charge in [-0.2, -0.15) is 0 Å². The van der Waals surface area contributed by atoms with E-state index in [2.05, 4.69) is 40.5 Å². The number of rotatable bonds is 11. The maximum absolute atomic E-state index is 13.9. The van der Waals surface area contributed by atoms with Crippen molar-refractivity contribution >= 4 is 48.2 Å². The molecule has 2 fully saturated rings. The molecule has 14 heteroatoms. The quantitative estimate of drug-likeness (QED) is 0.100. The first kappa shape index (κ1) is 35.9.